The van der Waals surface area contributed by atoms with Crippen molar-refractivity contribution in [3.8, 4) is 0 Å². The predicted octanol–water partition coefficient (Wildman–Crippen LogP) is 10.0. The Labute approximate surface area is 312 Å². The zero-order chi connectivity index (χ0) is 37.9. The Kier molecular flexibility index (Phi) is 33.2. The monoisotopic (exact) mass is 747 g/mol. The summed E-state index contributed by atoms with van der Waals surface area (Å²) in [5.74, 6) is -0.825. The molecule has 0 amide bonds. The number of carbonyl (C=O) groups is 2. The number of rotatable bonds is 37. The number of hydrogen-bond donors (Lipinski definition) is 1. The molecule has 0 spiro atoms. The van der Waals surface area contributed by atoms with E-state index in [-0.39, 0.29) is 32.0 Å². The van der Waals surface area contributed by atoms with Gasteiger partial charge in [0.15, 0.2) is 6.10 Å². The highest BCUT2D eigenvalue weighted by atomic mass is 31.2. The minimum absolute atomic E-state index is 0.0261. The molecule has 300 valence electrons. The topological polar surface area (TPSA) is 118 Å². The molecular weight excluding hydrogens is 669 g/mol. The van der Waals surface area contributed by atoms with E-state index in [1.54, 1.807) is 0 Å². The van der Waals surface area contributed by atoms with Crippen molar-refractivity contribution >= 4 is 19.8 Å². The van der Waals surface area contributed by atoms with E-state index in [2.05, 4.69) is 6.92 Å². The van der Waals surface area contributed by atoms with Crippen molar-refractivity contribution in [1.82, 2.24) is 0 Å². The number of unbranched alkanes of at least 4 members (excludes halogenated alkanes) is 18. The first kappa shape index (κ1) is 49.5. The molecule has 0 aliphatic rings. The fraction of sp³-hybridized carbons (Fsp3) is 0.850. The molecule has 0 radical (unpaired) electrons. The second kappa shape index (κ2) is 34.2. The van der Waals surface area contributed by atoms with E-state index in [0.29, 0.717) is 24.1 Å². The van der Waals surface area contributed by atoms with Crippen LogP contribution in [0.4, 0.5) is 0 Å². The zero-order valence-corrected chi connectivity index (χ0v) is 34.2. The van der Waals surface area contributed by atoms with Gasteiger partial charge < -0.3 is 23.6 Å². The molecule has 0 fully saturated rings. The van der Waals surface area contributed by atoms with Gasteiger partial charge in [0, 0.05) is 19.4 Å². The third kappa shape index (κ3) is 38.0. The summed E-state index contributed by atoms with van der Waals surface area (Å²) in [5.41, 5.74) is 0. The van der Waals surface area contributed by atoms with Gasteiger partial charge in [-0.1, -0.05) is 140 Å². The molecule has 0 rings (SSSR count). The highest BCUT2D eigenvalue weighted by Crippen LogP contribution is 2.43. The average molecular weight is 747 g/mol. The number of esters is 2. The summed E-state index contributed by atoms with van der Waals surface area (Å²) >= 11 is 0. The lowest BCUT2D eigenvalue weighted by Gasteiger charge is -2.24. The Morgan fingerprint density at radius 2 is 1.18 bits per heavy atom. The Bertz CT molecular complexity index is 935. The summed E-state index contributed by atoms with van der Waals surface area (Å²) < 4.78 is 39.8. The molecule has 1 N–H and O–H groups in total. The molecule has 0 saturated carbocycles. The van der Waals surface area contributed by atoms with Crippen LogP contribution in [0.3, 0.4) is 0 Å². The maximum atomic E-state index is 12.6. The molecule has 2 atom stereocenters. The number of likely N-dealkylation sites (N-methyl/N-ethyl adjacent to an activating group) is 1. The van der Waals surface area contributed by atoms with Gasteiger partial charge in [0.1, 0.15) is 19.8 Å². The van der Waals surface area contributed by atoms with Crippen molar-refractivity contribution in [2.24, 2.45) is 0 Å². The van der Waals surface area contributed by atoms with Crippen LogP contribution in [-0.2, 0) is 37.4 Å². The number of quaternary nitrogens is 1. The molecule has 1 unspecified atom stereocenters. The van der Waals surface area contributed by atoms with Crippen molar-refractivity contribution in [3.05, 3.63) is 24.3 Å². The van der Waals surface area contributed by atoms with E-state index in [1.807, 2.05) is 52.4 Å². The SMILES string of the molecule is C/C=C/C=C/COCCCCCCCCCC(=O)O[C@H](COC(=O)CCCCCCCCCCCCCCC)COP(=O)(O)OCC[N+](C)(C)C. The van der Waals surface area contributed by atoms with Gasteiger partial charge in [-0.25, -0.2) is 4.57 Å². The van der Waals surface area contributed by atoms with E-state index < -0.39 is 26.5 Å². The van der Waals surface area contributed by atoms with E-state index >= 15 is 0 Å². The van der Waals surface area contributed by atoms with Gasteiger partial charge in [0.2, 0.25) is 0 Å². The summed E-state index contributed by atoms with van der Waals surface area (Å²) in [5, 5.41) is 0. The van der Waals surface area contributed by atoms with Gasteiger partial charge in [-0.05, 0) is 26.2 Å². The minimum atomic E-state index is -4.37. The smallest absolute Gasteiger partial charge is 0.462 e. The van der Waals surface area contributed by atoms with E-state index in [0.717, 1.165) is 64.4 Å². The number of phosphoric acid groups is 1. The van der Waals surface area contributed by atoms with Gasteiger partial charge in [0.25, 0.3) is 0 Å². The lowest BCUT2D eigenvalue weighted by molar-refractivity contribution is -0.870. The number of allylic oxidation sites excluding steroid dienone is 3. The van der Waals surface area contributed by atoms with Crippen LogP contribution in [0.1, 0.15) is 155 Å². The number of hydrogen-bond acceptors (Lipinski definition) is 8. The fourth-order valence-electron chi connectivity index (χ4n) is 5.30. The Hall–Kier alpha value is -1.55. The Morgan fingerprint density at radius 3 is 1.71 bits per heavy atom. The van der Waals surface area contributed by atoms with Crippen molar-refractivity contribution in [2.45, 2.75) is 161 Å². The van der Waals surface area contributed by atoms with E-state index in [4.69, 9.17) is 23.3 Å². The number of nitrogens with zero attached hydrogens (tertiary/aromatic N) is 1. The van der Waals surface area contributed by atoms with Crippen LogP contribution in [0, 0.1) is 0 Å². The van der Waals surface area contributed by atoms with Crippen LogP contribution >= 0.6 is 7.82 Å². The second-order valence-electron chi connectivity index (χ2n) is 14.7. The summed E-state index contributed by atoms with van der Waals surface area (Å²) in [6.07, 6.45) is 30.4. The molecule has 0 aliphatic heterocycles. The highest BCUT2D eigenvalue weighted by Gasteiger charge is 2.27. The first-order valence-electron chi connectivity index (χ1n) is 20.1. The lowest BCUT2D eigenvalue weighted by Crippen LogP contribution is -2.37. The van der Waals surface area contributed by atoms with Crippen LogP contribution in [0.25, 0.3) is 0 Å². The van der Waals surface area contributed by atoms with Gasteiger partial charge in [-0.3, -0.25) is 18.6 Å². The maximum Gasteiger partial charge on any atom is 0.472 e. The molecule has 0 aromatic heterocycles. The summed E-state index contributed by atoms with van der Waals surface area (Å²) in [6, 6.07) is 0. The van der Waals surface area contributed by atoms with Crippen molar-refractivity contribution < 1.29 is 46.8 Å². The average Bonchev–Trinajstić information content (AvgIpc) is 3.07. The van der Waals surface area contributed by atoms with Gasteiger partial charge in [-0.2, -0.15) is 0 Å². The van der Waals surface area contributed by atoms with Crippen molar-refractivity contribution in [3.63, 3.8) is 0 Å². The molecule has 0 aliphatic carbocycles. The molecular formula is C40H77NO9P+. The zero-order valence-electron chi connectivity index (χ0n) is 33.3. The number of ether oxygens (including phenoxy) is 3. The minimum Gasteiger partial charge on any atom is -0.462 e. The summed E-state index contributed by atoms with van der Waals surface area (Å²) in [6.45, 7) is 5.52. The standard InChI is InChI=1S/C40H76NO9P/c1-6-8-10-12-13-14-15-16-17-18-20-23-26-30-39(42)47-36-38(37-49-51(44,45)48-35-32-41(3,4)5)50-40(43)31-27-24-21-19-22-25-29-34-46-33-28-11-9-7-2/h7,9,11,28,38H,6,8,10,12-27,29-37H2,1-5H3/p+1/b9-7+,28-11+/t38-/m1/s1. The van der Waals surface area contributed by atoms with Gasteiger partial charge in [-0.15, -0.1) is 0 Å². The fourth-order valence-corrected chi connectivity index (χ4v) is 6.05. The van der Waals surface area contributed by atoms with E-state index in [1.165, 1.54) is 64.2 Å². The van der Waals surface area contributed by atoms with Crippen molar-refractivity contribution in [2.75, 3.05) is 60.7 Å². The van der Waals surface area contributed by atoms with Gasteiger partial charge >= 0.3 is 19.8 Å². The van der Waals surface area contributed by atoms with Crippen LogP contribution in [0.15, 0.2) is 24.3 Å². The molecule has 0 bridgehead atoms. The molecule has 51 heavy (non-hydrogen) atoms. The number of carbonyl (C=O) groups excluding carboxylic acids is 2. The number of phosphoric ester groups is 1. The molecule has 0 aromatic rings. The van der Waals surface area contributed by atoms with Crippen LogP contribution < -0.4 is 0 Å². The largest absolute Gasteiger partial charge is 0.472 e. The third-order valence-electron chi connectivity index (χ3n) is 8.48. The lowest BCUT2D eigenvalue weighted by atomic mass is 10.0. The molecule has 0 aromatic carbocycles. The summed E-state index contributed by atoms with van der Waals surface area (Å²) in [7, 11) is 1.45. The normalized spacial score (nSPS) is 13.9. The molecule has 11 heteroatoms. The Balaban J connectivity index is 4.38. The van der Waals surface area contributed by atoms with Crippen LogP contribution in [-0.4, -0.2) is 88.1 Å². The van der Waals surface area contributed by atoms with Crippen molar-refractivity contribution in [1.29, 1.82) is 0 Å². The Morgan fingerprint density at radius 1 is 0.667 bits per heavy atom. The first-order chi connectivity index (χ1) is 24.5. The first-order valence-corrected chi connectivity index (χ1v) is 21.6. The highest BCUT2D eigenvalue weighted by molar-refractivity contribution is 7.47. The van der Waals surface area contributed by atoms with E-state index in [9.17, 15) is 19.0 Å². The predicted molar refractivity (Wildman–Crippen MR) is 207 cm³/mol. The second-order valence-corrected chi connectivity index (χ2v) is 16.1. The van der Waals surface area contributed by atoms with Crippen LogP contribution in [0.2, 0.25) is 0 Å². The third-order valence-corrected chi connectivity index (χ3v) is 9.46. The molecule has 0 heterocycles. The van der Waals surface area contributed by atoms with Crippen LogP contribution in [0.5, 0.6) is 0 Å². The van der Waals surface area contributed by atoms with Gasteiger partial charge in [0.05, 0.1) is 34.4 Å². The molecule has 0 saturated heterocycles. The molecule has 10 nitrogen and oxygen atoms in total. The summed E-state index contributed by atoms with van der Waals surface area (Å²) in [4.78, 5) is 35.2. The maximum absolute atomic E-state index is 12.6. The quantitative estimate of drug-likeness (QED) is 0.0218.